The molecule has 1 aromatic rings. The highest BCUT2D eigenvalue weighted by Crippen LogP contribution is 2.30. The minimum atomic E-state index is -1.19. The number of hydrogen-bond acceptors (Lipinski definition) is 3. The Morgan fingerprint density at radius 2 is 2.25 bits per heavy atom. The lowest BCUT2D eigenvalue weighted by Crippen LogP contribution is -2.25. The van der Waals surface area contributed by atoms with Gasteiger partial charge in [0.2, 0.25) is 0 Å². The van der Waals surface area contributed by atoms with Crippen LogP contribution in [0.15, 0.2) is 14.3 Å². The first-order valence-corrected chi connectivity index (χ1v) is 7.78. The first kappa shape index (κ1) is 14.5. The van der Waals surface area contributed by atoms with Gasteiger partial charge in [-0.2, -0.15) is 0 Å². The highest BCUT2D eigenvalue weighted by Gasteiger charge is 2.25. The molecule has 1 aromatic heterocycles. The Hall–Kier alpha value is 0.450. The number of nitrogens with zero attached hydrogens (tertiary/aromatic N) is 1. The van der Waals surface area contributed by atoms with Gasteiger partial charge in [0.25, 0.3) is 0 Å². The van der Waals surface area contributed by atoms with Gasteiger partial charge in [-0.25, -0.2) is 0 Å². The fourth-order valence-electron chi connectivity index (χ4n) is 0.861. The van der Waals surface area contributed by atoms with Gasteiger partial charge in [0.05, 0.1) is 15.0 Å². The van der Waals surface area contributed by atoms with Crippen molar-refractivity contribution in [2.24, 2.45) is 4.40 Å². The standard InChI is InChI=1S/C10H13BrClNOS2/c1-10(2,3)16(14)13-5-4-8-7(12)6-9(11)15-8/h5-6H,4H2,1-3H3/b13-5+/t16-/m0/s1. The highest BCUT2D eigenvalue weighted by atomic mass is 79.9. The monoisotopic (exact) mass is 341 g/mol. The molecule has 16 heavy (non-hydrogen) atoms. The van der Waals surface area contributed by atoms with Gasteiger partial charge in [0.15, 0.2) is 0 Å². The Bertz CT molecular complexity index is 387. The molecule has 0 bridgehead atoms. The lowest BCUT2D eigenvalue weighted by Gasteiger charge is -2.17. The molecule has 0 aliphatic heterocycles. The minimum absolute atomic E-state index is 0.309. The van der Waals surface area contributed by atoms with Crippen LogP contribution >= 0.6 is 38.9 Å². The van der Waals surface area contributed by atoms with Gasteiger partial charge in [-0.15, -0.1) is 11.3 Å². The van der Waals surface area contributed by atoms with E-state index in [1.165, 1.54) is 0 Å². The number of halogens is 2. The third kappa shape index (κ3) is 4.37. The van der Waals surface area contributed by atoms with Crippen LogP contribution in [0.25, 0.3) is 0 Å². The fourth-order valence-corrected chi connectivity index (χ4v) is 3.43. The highest BCUT2D eigenvalue weighted by molar-refractivity contribution is 9.11. The lowest BCUT2D eigenvalue weighted by molar-refractivity contribution is 0.561. The van der Waals surface area contributed by atoms with Crippen LogP contribution in [0.2, 0.25) is 5.02 Å². The minimum Gasteiger partial charge on any atom is -0.591 e. The van der Waals surface area contributed by atoms with Gasteiger partial charge in [-0.3, -0.25) is 0 Å². The zero-order chi connectivity index (χ0) is 12.3. The van der Waals surface area contributed by atoms with Crippen LogP contribution in [0.3, 0.4) is 0 Å². The van der Waals surface area contributed by atoms with Crippen LogP contribution in [0.1, 0.15) is 25.6 Å². The number of hydrogen-bond donors (Lipinski definition) is 0. The summed E-state index contributed by atoms with van der Waals surface area (Å²) in [5.41, 5.74) is 0. The van der Waals surface area contributed by atoms with Crippen LogP contribution in [0, 0.1) is 0 Å². The second kappa shape index (κ2) is 5.87. The van der Waals surface area contributed by atoms with E-state index in [1.807, 2.05) is 26.8 Å². The first-order valence-electron chi connectivity index (χ1n) is 4.69. The van der Waals surface area contributed by atoms with E-state index in [4.69, 9.17) is 11.6 Å². The molecule has 1 atom stereocenters. The van der Waals surface area contributed by atoms with E-state index in [1.54, 1.807) is 17.6 Å². The largest absolute Gasteiger partial charge is 0.591 e. The fraction of sp³-hybridized carbons (Fsp3) is 0.500. The third-order valence-corrected chi connectivity index (χ3v) is 5.20. The van der Waals surface area contributed by atoms with Gasteiger partial charge in [-0.1, -0.05) is 16.0 Å². The summed E-state index contributed by atoms with van der Waals surface area (Å²) in [5, 5.41) is 0.727. The van der Waals surface area contributed by atoms with E-state index in [-0.39, 0.29) is 4.75 Å². The van der Waals surface area contributed by atoms with Crippen molar-refractivity contribution >= 4 is 56.4 Å². The third-order valence-electron chi connectivity index (χ3n) is 1.70. The summed E-state index contributed by atoms with van der Waals surface area (Å²) in [4.78, 5) is 1.03. The maximum atomic E-state index is 11.6. The Kier molecular flexibility index (Phi) is 5.32. The maximum Gasteiger partial charge on any atom is 0.144 e. The SMILES string of the molecule is CC(C)(C)[S@+]([O-])/N=C/Cc1sc(Br)cc1Cl. The lowest BCUT2D eigenvalue weighted by atomic mass is 10.3. The molecule has 0 spiro atoms. The molecular weight excluding hydrogens is 330 g/mol. The van der Waals surface area contributed by atoms with Crippen LogP contribution in [0.5, 0.6) is 0 Å². The molecule has 90 valence electrons. The molecule has 0 aliphatic carbocycles. The van der Waals surface area contributed by atoms with E-state index in [2.05, 4.69) is 20.3 Å². The summed E-state index contributed by atoms with van der Waals surface area (Å²) < 4.78 is 16.3. The molecule has 1 heterocycles. The zero-order valence-corrected chi connectivity index (χ0v) is 13.3. The zero-order valence-electron chi connectivity index (χ0n) is 9.29. The number of thiophene rings is 1. The van der Waals surface area contributed by atoms with Crippen molar-refractivity contribution in [3.8, 4) is 0 Å². The van der Waals surface area contributed by atoms with E-state index in [0.29, 0.717) is 6.42 Å². The first-order chi connectivity index (χ1) is 7.30. The van der Waals surface area contributed by atoms with Crippen molar-refractivity contribution in [3.63, 3.8) is 0 Å². The quantitative estimate of drug-likeness (QED) is 0.598. The second-order valence-electron chi connectivity index (χ2n) is 4.18. The topological polar surface area (TPSA) is 35.4 Å². The Labute approximate surface area is 117 Å². The summed E-state index contributed by atoms with van der Waals surface area (Å²) in [7, 11) is 0. The van der Waals surface area contributed by atoms with Crippen molar-refractivity contribution in [1.82, 2.24) is 0 Å². The van der Waals surface area contributed by atoms with Crippen LogP contribution in [0.4, 0.5) is 0 Å². The molecule has 2 nitrogen and oxygen atoms in total. The van der Waals surface area contributed by atoms with Crippen molar-refractivity contribution < 1.29 is 4.55 Å². The summed E-state index contributed by atoms with van der Waals surface area (Å²) >= 11 is 9.73. The molecule has 1 rings (SSSR count). The number of rotatable bonds is 3. The molecule has 0 unspecified atom stereocenters. The van der Waals surface area contributed by atoms with Gasteiger partial charge in [-0.05, 0) is 42.8 Å². The Balaban J connectivity index is 2.58. The Morgan fingerprint density at radius 1 is 1.62 bits per heavy atom. The molecule has 0 fully saturated rings. The van der Waals surface area contributed by atoms with Crippen molar-refractivity contribution in [1.29, 1.82) is 0 Å². The summed E-state index contributed by atoms with van der Waals surface area (Å²) in [6.07, 6.45) is 2.29. The normalized spacial score (nSPS) is 14.6. The maximum absolute atomic E-state index is 11.6. The van der Waals surface area contributed by atoms with E-state index >= 15 is 0 Å². The van der Waals surface area contributed by atoms with Crippen LogP contribution < -0.4 is 0 Å². The van der Waals surface area contributed by atoms with Gasteiger partial charge >= 0.3 is 0 Å². The van der Waals surface area contributed by atoms with Gasteiger partial charge in [0.1, 0.15) is 16.1 Å². The average molecular weight is 343 g/mol. The Morgan fingerprint density at radius 3 is 2.69 bits per heavy atom. The summed E-state index contributed by atoms with van der Waals surface area (Å²) in [6, 6.07) is 1.86. The van der Waals surface area contributed by atoms with Gasteiger partial charge in [0, 0.05) is 11.3 Å². The summed E-state index contributed by atoms with van der Waals surface area (Å²) in [6.45, 7) is 5.69. The molecular formula is C10H13BrClNOS2. The van der Waals surface area contributed by atoms with Crippen LogP contribution in [-0.4, -0.2) is 15.5 Å². The smallest absolute Gasteiger partial charge is 0.144 e. The van der Waals surface area contributed by atoms with Crippen molar-refractivity contribution in [2.75, 3.05) is 0 Å². The molecule has 0 saturated carbocycles. The molecule has 0 N–H and O–H groups in total. The molecule has 0 aromatic carbocycles. The molecule has 6 heteroatoms. The second-order valence-corrected chi connectivity index (χ2v) is 9.03. The summed E-state index contributed by atoms with van der Waals surface area (Å²) in [5.74, 6) is 0. The van der Waals surface area contributed by atoms with Gasteiger partial charge < -0.3 is 4.55 Å². The van der Waals surface area contributed by atoms with E-state index in [0.717, 1.165) is 13.7 Å². The van der Waals surface area contributed by atoms with E-state index < -0.39 is 11.4 Å². The average Bonchev–Trinajstić information content (AvgIpc) is 2.43. The molecule has 0 amide bonds. The van der Waals surface area contributed by atoms with Crippen LogP contribution in [-0.2, 0) is 17.8 Å². The predicted molar refractivity (Wildman–Crippen MR) is 77.1 cm³/mol. The molecule has 0 aliphatic rings. The molecule has 0 radical (unpaired) electrons. The van der Waals surface area contributed by atoms with E-state index in [9.17, 15) is 4.55 Å². The predicted octanol–water partition coefficient (Wildman–Crippen LogP) is 4.24. The van der Waals surface area contributed by atoms with Crippen molar-refractivity contribution in [3.05, 3.63) is 19.8 Å². The van der Waals surface area contributed by atoms with Crippen molar-refractivity contribution in [2.45, 2.75) is 31.9 Å². The molecule has 0 saturated heterocycles.